The number of benzene rings is 1. The minimum absolute atomic E-state index is 0. The first-order chi connectivity index (χ1) is 13.1. The van der Waals surface area contributed by atoms with Crippen molar-refractivity contribution >= 4 is 36.0 Å². The van der Waals surface area contributed by atoms with Crippen LogP contribution in [0.2, 0.25) is 0 Å². The zero-order chi connectivity index (χ0) is 21.2. The van der Waals surface area contributed by atoms with E-state index in [0.29, 0.717) is 13.1 Å². The van der Waals surface area contributed by atoms with Crippen LogP contribution in [0.15, 0.2) is 29.3 Å². The molecule has 1 rings (SSSR count). The van der Waals surface area contributed by atoms with Crippen molar-refractivity contribution in [1.82, 2.24) is 20.4 Å². The Morgan fingerprint density at radius 3 is 2.17 bits per heavy atom. The zero-order valence-corrected chi connectivity index (χ0v) is 21.2. The molecule has 0 spiro atoms. The van der Waals surface area contributed by atoms with Crippen LogP contribution >= 0.6 is 24.0 Å². The molecule has 0 saturated heterocycles. The highest BCUT2D eigenvalue weighted by Crippen LogP contribution is 2.12. The topological polar surface area (TPSA) is 69.2 Å². The maximum atomic E-state index is 12.1. The third kappa shape index (κ3) is 12.6. The molecule has 0 fully saturated rings. The lowest BCUT2D eigenvalue weighted by molar-refractivity contribution is 0.0285. The summed E-state index contributed by atoms with van der Waals surface area (Å²) in [4.78, 5) is 20.1. The molecule has 1 aromatic carbocycles. The van der Waals surface area contributed by atoms with Gasteiger partial charge in [-0.15, -0.1) is 24.0 Å². The Labute approximate surface area is 193 Å². The zero-order valence-electron chi connectivity index (χ0n) is 18.9. The standard InChI is InChI=1S/C21H37N5O2.HI/c1-21(2,3)28-20(27)26(7)16-18-11-9-17(10-12-18)15-24-19(22-4)23-13-8-14-25(5)6;/h9-12H,8,13-16H2,1-7H3,(H2,22,23,24);1H. The third-order valence-corrected chi connectivity index (χ3v) is 3.91. The second kappa shape index (κ2) is 13.6. The quantitative estimate of drug-likeness (QED) is 0.239. The Morgan fingerprint density at radius 2 is 1.66 bits per heavy atom. The highest BCUT2D eigenvalue weighted by molar-refractivity contribution is 14.0. The Kier molecular flexibility index (Phi) is 12.9. The number of hydrogen-bond acceptors (Lipinski definition) is 4. The number of guanidine groups is 1. The molecule has 0 radical (unpaired) electrons. The average Bonchev–Trinajstić information content (AvgIpc) is 2.60. The van der Waals surface area contributed by atoms with E-state index in [0.717, 1.165) is 36.6 Å². The van der Waals surface area contributed by atoms with Crippen molar-refractivity contribution in [2.75, 3.05) is 41.3 Å². The summed E-state index contributed by atoms with van der Waals surface area (Å²) in [7, 11) is 7.66. The molecule has 0 aliphatic rings. The molecule has 8 heteroatoms. The van der Waals surface area contributed by atoms with E-state index in [-0.39, 0.29) is 30.1 Å². The summed E-state index contributed by atoms with van der Waals surface area (Å²) in [5.41, 5.74) is 1.73. The number of nitrogens with zero attached hydrogens (tertiary/aromatic N) is 3. The van der Waals surface area contributed by atoms with Crippen LogP contribution in [-0.4, -0.2) is 68.7 Å². The number of amides is 1. The Bertz CT molecular complexity index is 627. The lowest BCUT2D eigenvalue weighted by Gasteiger charge is -2.24. The van der Waals surface area contributed by atoms with Gasteiger partial charge in [0.2, 0.25) is 0 Å². The van der Waals surface area contributed by atoms with Crippen LogP contribution in [0.25, 0.3) is 0 Å². The Balaban J connectivity index is 0.00000784. The van der Waals surface area contributed by atoms with Gasteiger partial charge in [0.25, 0.3) is 0 Å². The van der Waals surface area contributed by atoms with E-state index in [2.05, 4.69) is 46.8 Å². The average molecular weight is 519 g/mol. The third-order valence-electron chi connectivity index (χ3n) is 3.91. The van der Waals surface area contributed by atoms with Gasteiger partial charge in [0.15, 0.2) is 5.96 Å². The molecule has 29 heavy (non-hydrogen) atoms. The Morgan fingerprint density at radius 1 is 1.07 bits per heavy atom. The smallest absolute Gasteiger partial charge is 0.410 e. The predicted octanol–water partition coefficient (Wildman–Crippen LogP) is 3.29. The number of hydrogen-bond donors (Lipinski definition) is 2. The van der Waals surface area contributed by atoms with Crippen LogP contribution in [-0.2, 0) is 17.8 Å². The van der Waals surface area contributed by atoms with E-state index in [1.54, 1.807) is 19.0 Å². The highest BCUT2D eigenvalue weighted by atomic mass is 127. The van der Waals surface area contributed by atoms with Crippen LogP contribution in [0, 0.1) is 0 Å². The highest BCUT2D eigenvalue weighted by Gasteiger charge is 2.19. The van der Waals surface area contributed by atoms with Gasteiger partial charge in [-0.3, -0.25) is 4.99 Å². The molecule has 1 amide bonds. The molecule has 0 saturated carbocycles. The molecule has 0 atom stereocenters. The normalized spacial score (nSPS) is 11.7. The van der Waals surface area contributed by atoms with E-state index in [9.17, 15) is 4.79 Å². The molecular weight excluding hydrogens is 481 g/mol. The van der Waals surface area contributed by atoms with Gasteiger partial charge >= 0.3 is 6.09 Å². The summed E-state index contributed by atoms with van der Waals surface area (Å²) >= 11 is 0. The van der Waals surface area contributed by atoms with Crippen LogP contribution in [0.1, 0.15) is 38.3 Å². The first-order valence-electron chi connectivity index (χ1n) is 9.72. The number of ether oxygens (including phenoxy) is 1. The second-order valence-corrected chi connectivity index (χ2v) is 8.16. The summed E-state index contributed by atoms with van der Waals surface area (Å²) in [6, 6.07) is 8.19. The summed E-state index contributed by atoms with van der Waals surface area (Å²) in [5, 5.41) is 6.64. The molecule has 7 nitrogen and oxygen atoms in total. The number of halogens is 1. The number of nitrogens with one attached hydrogen (secondary N) is 2. The first-order valence-corrected chi connectivity index (χ1v) is 9.72. The molecule has 0 aromatic heterocycles. The van der Waals surface area contributed by atoms with Crippen LogP contribution in [0.5, 0.6) is 0 Å². The van der Waals surface area contributed by atoms with Crippen LogP contribution in [0.3, 0.4) is 0 Å². The van der Waals surface area contributed by atoms with Crippen molar-refractivity contribution in [3.8, 4) is 0 Å². The second-order valence-electron chi connectivity index (χ2n) is 8.16. The van der Waals surface area contributed by atoms with E-state index < -0.39 is 5.60 Å². The molecule has 0 heterocycles. The fraction of sp³-hybridized carbons (Fsp3) is 0.619. The van der Waals surface area contributed by atoms with E-state index in [4.69, 9.17) is 4.74 Å². The van der Waals surface area contributed by atoms with Crippen molar-refractivity contribution in [3.05, 3.63) is 35.4 Å². The van der Waals surface area contributed by atoms with Gasteiger partial charge in [-0.05, 0) is 59.0 Å². The molecule has 0 bridgehead atoms. The monoisotopic (exact) mass is 519 g/mol. The van der Waals surface area contributed by atoms with Crippen molar-refractivity contribution < 1.29 is 9.53 Å². The van der Waals surface area contributed by atoms with Crippen molar-refractivity contribution in [1.29, 1.82) is 0 Å². The van der Waals surface area contributed by atoms with Gasteiger partial charge in [0.1, 0.15) is 5.60 Å². The summed E-state index contributed by atoms with van der Waals surface area (Å²) in [6.07, 6.45) is 0.746. The SMILES string of the molecule is CN=C(NCCCN(C)C)NCc1ccc(CN(C)C(=O)OC(C)(C)C)cc1.I. The maximum Gasteiger partial charge on any atom is 0.410 e. The van der Waals surface area contributed by atoms with Crippen LogP contribution in [0.4, 0.5) is 4.79 Å². The van der Waals surface area contributed by atoms with Gasteiger partial charge in [-0.25, -0.2) is 4.79 Å². The van der Waals surface area contributed by atoms with E-state index in [1.807, 2.05) is 32.9 Å². The van der Waals surface area contributed by atoms with Gasteiger partial charge in [0.05, 0.1) is 0 Å². The minimum atomic E-state index is -0.486. The van der Waals surface area contributed by atoms with Crippen LogP contribution < -0.4 is 10.6 Å². The molecule has 2 N–H and O–H groups in total. The fourth-order valence-corrected chi connectivity index (χ4v) is 2.45. The van der Waals surface area contributed by atoms with Gasteiger partial charge in [0, 0.05) is 33.7 Å². The number of aliphatic imine (C=N–C) groups is 1. The summed E-state index contributed by atoms with van der Waals surface area (Å²) in [6.45, 7) is 8.73. The summed E-state index contributed by atoms with van der Waals surface area (Å²) in [5.74, 6) is 0.799. The largest absolute Gasteiger partial charge is 0.444 e. The van der Waals surface area contributed by atoms with Gasteiger partial charge in [-0.1, -0.05) is 24.3 Å². The molecular formula is C21H38IN5O2. The fourth-order valence-electron chi connectivity index (χ4n) is 2.45. The van der Waals surface area contributed by atoms with Gasteiger partial charge < -0.3 is 25.2 Å². The molecule has 166 valence electrons. The van der Waals surface area contributed by atoms with Crippen molar-refractivity contribution in [2.45, 2.75) is 45.9 Å². The summed E-state index contributed by atoms with van der Waals surface area (Å²) < 4.78 is 5.38. The number of rotatable bonds is 8. The molecule has 1 aromatic rings. The molecule has 0 aliphatic heterocycles. The molecule has 0 unspecified atom stereocenters. The maximum absolute atomic E-state index is 12.1. The van der Waals surface area contributed by atoms with Gasteiger partial charge in [-0.2, -0.15) is 0 Å². The predicted molar refractivity (Wildman–Crippen MR) is 131 cm³/mol. The van der Waals surface area contributed by atoms with E-state index >= 15 is 0 Å². The van der Waals surface area contributed by atoms with E-state index in [1.165, 1.54) is 0 Å². The lowest BCUT2D eigenvalue weighted by Crippen LogP contribution is -2.38. The first kappa shape index (κ1) is 27.5. The number of carbonyl (C=O) groups is 1. The lowest BCUT2D eigenvalue weighted by atomic mass is 10.1. The number of carbonyl (C=O) groups excluding carboxylic acids is 1. The minimum Gasteiger partial charge on any atom is -0.444 e. The Hall–Kier alpha value is -1.55. The van der Waals surface area contributed by atoms with Crippen molar-refractivity contribution in [2.24, 2.45) is 4.99 Å². The molecule has 0 aliphatic carbocycles. The van der Waals surface area contributed by atoms with Crippen molar-refractivity contribution in [3.63, 3.8) is 0 Å².